The van der Waals surface area contributed by atoms with Crippen LogP contribution in [0.3, 0.4) is 0 Å². The average molecular weight is 263 g/mol. The first-order valence-corrected chi connectivity index (χ1v) is 6.17. The lowest BCUT2D eigenvalue weighted by molar-refractivity contribution is -0.132. The molecule has 1 aliphatic heterocycles. The first-order valence-electron chi connectivity index (χ1n) is 6.17. The standard InChI is InChI=1S/C12H17N5O2/c1-4-8-14-10(13)6(2)11(15-8)17-5-9(18)16-12(19)7(17)3/h7H,4-5H2,1-3H3,(H2,13,14,15)(H,16,18,19). The molecule has 1 saturated heterocycles. The number of nitrogens with zero attached hydrogens (tertiary/aromatic N) is 3. The Bertz CT molecular complexity index is 543. The van der Waals surface area contributed by atoms with Gasteiger partial charge in [0.05, 0.1) is 6.54 Å². The molecule has 7 nitrogen and oxygen atoms in total. The third-order valence-corrected chi connectivity index (χ3v) is 3.22. The Morgan fingerprint density at radius 3 is 2.74 bits per heavy atom. The Labute approximate surface area is 111 Å². The fraction of sp³-hybridized carbons (Fsp3) is 0.500. The van der Waals surface area contributed by atoms with Crippen LogP contribution in [0.2, 0.25) is 0 Å². The van der Waals surface area contributed by atoms with E-state index in [4.69, 9.17) is 5.73 Å². The summed E-state index contributed by atoms with van der Waals surface area (Å²) in [5, 5.41) is 2.30. The van der Waals surface area contributed by atoms with Gasteiger partial charge < -0.3 is 10.6 Å². The zero-order valence-corrected chi connectivity index (χ0v) is 11.2. The van der Waals surface area contributed by atoms with Gasteiger partial charge in [-0.1, -0.05) is 6.92 Å². The van der Waals surface area contributed by atoms with Crippen molar-refractivity contribution >= 4 is 23.5 Å². The number of imide groups is 1. The van der Waals surface area contributed by atoms with Gasteiger partial charge in [0.15, 0.2) is 0 Å². The molecule has 0 bridgehead atoms. The fourth-order valence-electron chi connectivity index (χ4n) is 1.98. The molecule has 102 valence electrons. The van der Waals surface area contributed by atoms with Crippen molar-refractivity contribution in [2.45, 2.75) is 33.2 Å². The van der Waals surface area contributed by atoms with Crippen molar-refractivity contribution < 1.29 is 9.59 Å². The van der Waals surface area contributed by atoms with Crippen LogP contribution < -0.4 is 16.0 Å². The lowest BCUT2D eigenvalue weighted by Gasteiger charge is -2.33. The van der Waals surface area contributed by atoms with Crippen molar-refractivity contribution in [1.29, 1.82) is 0 Å². The molecule has 0 aliphatic carbocycles. The maximum absolute atomic E-state index is 11.7. The number of aromatic nitrogens is 2. The minimum Gasteiger partial charge on any atom is -0.383 e. The van der Waals surface area contributed by atoms with E-state index in [1.54, 1.807) is 18.7 Å². The molecular weight excluding hydrogens is 246 g/mol. The maximum atomic E-state index is 11.7. The molecule has 19 heavy (non-hydrogen) atoms. The predicted molar refractivity (Wildman–Crippen MR) is 70.5 cm³/mol. The smallest absolute Gasteiger partial charge is 0.249 e. The molecule has 2 heterocycles. The topological polar surface area (TPSA) is 101 Å². The quantitative estimate of drug-likeness (QED) is 0.715. The van der Waals surface area contributed by atoms with Crippen LogP contribution in [0.15, 0.2) is 0 Å². The molecule has 2 rings (SSSR count). The van der Waals surface area contributed by atoms with Crippen LogP contribution in [0.5, 0.6) is 0 Å². The normalized spacial score (nSPS) is 19.5. The molecule has 0 radical (unpaired) electrons. The van der Waals surface area contributed by atoms with Gasteiger partial charge in [0.25, 0.3) is 0 Å². The first-order chi connectivity index (χ1) is 8.93. The van der Waals surface area contributed by atoms with Crippen LogP contribution in [0, 0.1) is 6.92 Å². The Hall–Kier alpha value is -2.18. The summed E-state index contributed by atoms with van der Waals surface area (Å²) in [5.74, 6) is 0.875. The van der Waals surface area contributed by atoms with Gasteiger partial charge in [-0.3, -0.25) is 14.9 Å². The minimum absolute atomic E-state index is 0.0906. The second kappa shape index (κ2) is 4.83. The van der Waals surface area contributed by atoms with Gasteiger partial charge in [-0.15, -0.1) is 0 Å². The summed E-state index contributed by atoms with van der Waals surface area (Å²) in [6.07, 6.45) is 0.639. The molecule has 1 unspecified atom stereocenters. The van der Waals surface area contributed by atoms with Gasteiger partial charge in [-0.25, -0.2) is 9.97 Å². The summed E-state index contributed by atoms with van der Waals surface area (Å²) in [6, 6.07) is -0.463. The number of aryl methyl sites for hydroxylation is 1. The second-order valence-corrected chi connectivity index (χ2v) is 4.54. The summed E-state index contributed by atoms with van der Waals surface area (Å²) >= 11 is 0. The van der Waals surface area contributed by atoms with Crippen LogP contribution in [0.1, 0.15) is 25.2 Å². The summed E-state index contributed by atoms with van der Waals surface area (Å²) < 4.78 is 0. The van der Waals surface area contributed by atoms with Gasteiger partial charge in [0.2, 0.25) is 11.8 Å². The minimum atomic E-state index is -0.463. The van der Waals surface area contributed by atoms with Crippen LogP contribution in [0.25, 0.3) is 0 Å². The molecule has 7 heteroatoms. The molecule has 1 aromatic heterocycles. The number of amides is 2. The SMILES string of the molecule is CCc1nc(N)c(C)c(N2CC(=O)NC(=O)C2C)n1. The highest BCUT2D eigenvalue weighted by Gasteiger charge is 2.32. The Morgan fingerprint density at radius 1 is 1.42 bits per heavy atom. The highest BCUT2D eigenvalue weighted by Crippen LogP contribution is 2.24. The van der Waals surface area contributed by atoms with E-state index in [0.29, 0.717) is 29.4 Å². The number of nitrogen functional groups attached to an aromatic ring is 1. The molecule has 1 aliphatic rings. The molecule has 1 fully saturated rings. The largest absolute Gasteiger partial charge is 0.383 e. The third kappa shape index (κ3) is 2.35. The van der Waals surface area contributed by atoms with Gasteiger partial charge in [0, 0.05) is 12.0 Å². The highest BCUT2D eigenvalue weighted by atomic mass is 16.2. The summed E-state index contributed by atoms with van der Waals surface area (Å²) in [4.78, 5) is 33.4. The maximum Gasteiger partial charge on any atom is 0.249 e. The number of anilines is 2. The van der Waals surface area contributed by atoms with E-state index < -0.39 is 6.04 Å². The molecule has 1 atom stereocenters. The van der Waals surface area contributed by atoms with Gasteiger partial charge in [-0.2, -0.15) is 0 Å². The first kappa shape index (κ1) is 13.3. The number of hydrogen-bond donors (Lipinski definition) is 2. The number of hydrogen-bond acceptors (Lipinski definition) is 6. The molecule has 1 aromatic rings. The number of rotatable bonds is 2. The molecule has 0 spiro atoms. The average Bonchev–Trinajstić information content (AvgIpc) is 2.37. The van der Waals surface area contributed by atoms with E-state index in [1.165, 1.54) is 0 Å². The van der Waals surface area contributed by atoms with Gasteiger partial charge in [-0.05, 0) is 13.8 Å². The predicted octanol–water partition coefficient (Wildman–Crippen LogP) is -0.219. The number of carbonyl (C=O) groups excluding carboxylic acids is 2. The Balaban J connectivity index is 2.47. The van der Waals surface area contributed by atoms with Crippen molar-refractivity contribution in [1.82, 2.24) is 15.3 Å². The molecule has 3 N–H and O–H groups in total. The van der Waals surface area contributed by atoms with Crippen LogP contribution >= 0.6 is 0 Å². The van der Waals surface area contributed by atoms with Crippen molar-refractivity contribution in [3.8, 4) is 0 Å². The Morgan fingerprint density at radius 2 is 2.11 bits per heavy atom. The second-order valence-electron chi connectivity index (χ2n) is 4.54. The monoisotopic (exact) mass is 263 g/mol. The van der Waals surface area contributed by atoms with E-state index >= 15 is 0 Å². The van der Waals surface area contributed by atoms with Gasteiger partial charge in [0.1, 0.15) is 23.5 Å². The van der Waals surface area contributed by atoms with Gasteiger partial charge >= 0.3 is 0 Å². The van der Waals surface area contributed by atoms with E-state index in [2.05, 4.69) is 15.3 Å². The highest BCUT2D eigenvalue weighted by molar-refractivity contribution is 6.04. The number of nitrogens with one attached hydrogen (secondary N) is 1. The third-order valence-electron chi connectivity index (χ3n) is 3.22. The van der Waals surface area contributed by atoms with Crippen molar-refractivity contribution in [3.63, 3.8) is 0 Å². The summed E-state index contributed by atoms with van der Waals surface area (Å²) in [6.45, 7) is 5.53. The lowest BCUT2D eigenvalue weighted by atomic mass is 10.1. The van der Waals surface area contributed by atoms with Crippen molar-refractivity contribution in [3.05, 3.63) is 11.4 Å². The number of piperazine rings is 1. The zero-order chi connectivity index (χ0) is 14.2. The van der Waals surface area contributed by atoms with Crippen molar-refractivity contribution in [2.75, 3.05) is 17.2 Å². The molecular formula is C12H17N5O2. The Kier molecular flexibility index (Phi) is 3.37. The van der Waals surface area contributed by atoms with E-state index in [1.807, 2.05) is 6.92 Å². The van der Waals surface area contributed by atoms with Crippen LogP contribution in [-0.2, 0) is 16.0 Å². The van der Waals surface area contributed by atoms with Crippen LogP contribution in [-0.4, -0.2) is 34.4 Å². The number of nitrogens with two attached hydrogens (primary N) is 1. The number of carbonyl (C=O) groups is 2. The van der Waals surface area contributed by atoms with E-state index in [-0.39, 0.29) is 18.4 Å². The summed E-state index contributed by atoms with van der Waals surface area (Å²) in [7, 11) is 0. The van der Waals surface area contributed by atoms with Crippen LogP contribution in [0.4, 0.5) is 11.6 Å². The molecule has 0 aromatic carbocycles. The van der Waals surface area contributed by atoms with E-state index in [9.17, 15) is 9.59 Å². The summed E-state index contributed by atoms with van der Waals surface area (Å²) in [5.41, 5.74) is 6.54. The fourth-order valence-corrected chi connectivity index (χ4v) is 1.98. The molecule has 0 saturated carbocycles. The molecule has 2 amide bonds. The van der Waals surface area contributed by atoms with Crippen molar-refractivity contribution in [2.24, 2.45) is 0 Å². The lowest BCUT2D eigenvalue weighted by Crippen LogP contribution is -2.57. The van der Waals surface area contributed by atoms with E-state index in [0.717, 1.165) is 0 Å². The zero-order valence-electron chi connectivity index (χ0n) is 11.2.